The van der Waals surface area contributed by atoms with E-state index >= 15 is 0 Å². The average Bonchev–Trinajstić information content (AvgIpc) is 1.82. The molecule has 0 aliphatic carbocycles. The van der Waals surface area contributed by atoms with Crippen molar-refractivity contribution in [3.8, 4) is 0 Å². The Morgan fingerprint density at radius 3 is 2.67 bits per heavy atom. The van der Waals surface area contributed by atoms with Crippen LogP contribution in [0.1, 0.15) is 13.8 Å². The lowest BCUT2D eigenvalue weighted by molar-refractivity contribution is 0.0207. The van der Waals surface area contributed by atoms with E-state index in [1.807, 2.05) is 13.8 Å². The zero-order chi connectivity index (χ0) is 9.14. The molecule has 0 saturated carbocycles. The number of hydrogen-bond acceptors (Lipinski definition) is 3. The maximum atomic E-state index is 11.1. The fourth-order valence-corrected chi connectivity index (χ4v) is 1.11. The number of likely N-dealkylation sites (tertiary alicyclic amines) is 1. The zero-order valence-electron chi connectivity index (χ0n) is 7.49. The number of nitrogens with zero attached hydrogens (tertiary/aromatic N) is 1. The first-order valence-corrected chi connectivity index (χ1v) is 4.20. The van der Waals surface area contributed by atoms with Gasteiger partial charge in [0.25, 0.3) is 0 Å². The van der Waals surface area contributed by atoms with E-state index < -0.39 is 0 Å². The van der Waals surface area contributed by atoms with E-state index in [2.05, 4.69) is 0 Å². The zero-order valence-corrected chi connectivity index (χ0v) is 7.49. The predicted molar refractivity (Wildman–Crippen MR) is 43.8 cm³/mol. The van der Waals surface area contributed by atoms with Gasteiger partial charge >= 0.3 is 6.09 Å². The highest BCUT2D eigenvalue weighted by atomic mass is 16.6. The number of ether oxygens (including phenoxy) is 1. The van der Waals surface area contributed by atoms with E-state index in [1.165, 1.54) is 0 Å². The van der Waals surface area contributed by atoms with Crippen LogP contribution in [0, 0.1) is 5.92 Å². The van der Waals surface area contributed by atoms with Crippen LogP contribution in [0.15, 0.2) is 0 Å². The van der Waals surface area contributed by atoms with Crippen molar-refractivity contribution in [2.24, 2.45) is 5.92 Å². The Morgan fingerprint density at radius 1 is 1.67 bits per heavy atom. The van der Waals surface area contributed by atoms with Gasteiger partial charge in [-0.2, -0.15) is 0 Å². The van der Waals surface area contributed by atoms with E-state index in [-0.39, 0.29) is 24.7 Å². The minimum atomic E-state index is -0.269. The van der Waals surface area contributed by atoms with Crippen molar-refractivity contribution in [1.82, 2.24) is 4.90 Å². The lowest BCUT2D eigenvalue weighted by Gasteiger charge is -2.37. The van der Waals surface area contributed by atoms with Crippen LogP contribution in [0.5, 0.6) is 0 Å². The molecule has 1 amide bonds. The molecule has 70 valence electrons. The molecule has 1 heterocycles. The van der Waals surface area contributed by atoms with Crippen molar-refractivity contribution in [3.05, 3.63) is 0 Å². The number of aliphatic hydroxyl groups excluding tert-OH is 1. The maximum absolute atomic E-state index is 11.1. The molecular weight excluding hydrogens is 158 g/mol. The highest BCUT2D eigenvalue weighted by molar-refractivity contribution is 5.68. The normalized spacial score (nSPS) is 17.8. The number of rotatable bonds is 2. The van der Waals surface area contributed by atoms with Gasteiger partial charge < -0.3 is 14.7 Å². The summed E-state index contributed by atoms with van der Waals surface area (Å²) in [5.41, 5.74) is 0. The summed E-state index contributed by atoms with van der Waals surface area (Å²) in [4.78, 5) is 12.7. The molecule has 1 aliphatic rings. The van der Waals surface area contributed by atoms with E-state index in [9.17, 15) is 4.79 Å². The Kier molecular flexibility index (Phi) is 2.92. The summed E-state index contributed by atoms with van der Waals surface area (Å²) in [5.74, 6) is 0.254. The first kappa shape index (κ1) is 9.32. The molecule has 1 rings (SSSR count). The number of hydrogen-bond donors (Lipinski definition) is 1. The van der Waals surface area contributed by atoms with Crippen LogP contribution in [-0.4, -0.2) is 41.9 Å². The third-order valence-electron chi connectivity index (χ3n) is 1.81. The summed E-state index contributed by atoms with van der Waals surface area (Å²) in [6.45, 7) is 5.05. The van der Waals surface area contributed by atoms with Crippen LogP contribution < -0.4 is 0 Å². The number of amides is 1. The van der Waals surface area contributed by atoms with Gasteiger partial charge in [-0.3, -0.25) is 0 Å². The van der Waals surface area contributed by atoms with Crippen molar-refractivity contribution in [2.45, 2.75) is 20.0 Å². The molecule has 0 radical (unpaired) electrons. The average molecular weight is 173 g/mol. The van der Waals surface area contributed by atoms with Crippen molar-refractivity contribution in [2.75, 3.05) is 19.7 Å². The molecule has 0 spiro atoms. The van der Waals surface area contributed by atoms with Gasteiger partial charge in [-0.25, -0.2) is 4.79 Å². The summed E-state index contributed by atoms with van der Waals surface area (Å²) < 4.78 is 4.95. The molecular formula is C8H15NO3. The molecule has 0 aromatic carbocycles. The van der Waals surface area contributed by atoms with Gasteiger partial charge in [-0.1, -0.05) is 0 Å². The van der Waals surface area contributed by atoms with Crippen LogP contribution in [0.4, 0.5) is 4.79 Å². The van der Waals surface area contributed by atoms with Crippen molar-refractivity contribution >= 4 is 6.09 Å². The molecule has 0 aromatic rings. The molecule has 1 N–H and O–H groups in total. The lowest BCUT2D eigenvalue weighted by atomic mass is 10.0. The monoisotopic (exact) mass is 173 g/mol. The quantitative estimate of drug-likeness (QED) is 0.659. The van der Waals surface area contributed by atoms with E-state index in [0.717, 1.165) is 0 Å². The summed E-state index contributed by atoms with van der Waals surface area (Å²) in [7, 11) is 0. The summed E-state index contributed by atoms with van der Waals surface area (Å²) in [6, 6.07) is 0. The molecule has 1 aliphatic heterocycles. The van der Waals surface area contributed by atoms with Gasteiger partial charge in [0.15, 0.2) is 0 Å². The standard InChI is InChI=1S/C8H15NO3/c1-6(2)12-8(11)9-3-7(4-9)5-10/h6-7,10H,3-5H2,1-2H3. The van der Waals surface area contributed by atoms with Crippen molar-refractivity contribution in [1.29, 1.82) is 0 Å². The number of aliphatic hydroxyl groups is 1. The van der Waals surface area contributed by atoms with Crippen LogP contribution in [0.25, 0.3) is 0 Å². The fourth-order valence-electron chi connectivity index (χ4n) is 1.11. The highest BCUT2D eigenvalue weighted by Gasteiger charge is 2.31. The first-order chi connectivity index (χ1) is 5.63. The van der Waals surface area contributed by atoms with Crippen molar-refractivity contribution in [3.63, 3.8) is 0 Å². The second kappa shape index (κ2) is 3.76. The molecule has 1 saturated heterocycles. The molecule has 0 bridgehead atoms. The second-order valence-electron chi connectivity index (χ2n) is 3.39. The van der Waals surface area contributed by atoms with E-state index in [4.69, 9.17) is 9.84 Å². The summed E-state index contributed by atoms with van der Waals surface area (Å²) in [5, 5.41) is 8.69. The summed E-state index contributed by atoms with van der Waals surface area (Å²) in [6.07, 6.45) is -0.333. The van der Waals surface area contributed by atoms with Gasteiger partial charge in [0.2, 0.25) is 0 Å². The van der Waals surface area contributed by atoms with Gasteiger partial charge in [0, 0.05) is 25.6 Å². The Hall–Kier alpha value is -0.770. The lowest BCUT2D eigenvalue weighted by Crippen LogP contribution is -2.51. The van der Waals surface area contributed by atoms with Crippen LogP contribution in [0.2, 0.25) is 0 Å². The predicted octanol–water partition coefficient (Wildman–Crippen LogP) is 0.455. The molecule has 1 fully saturated rings. The minimum absolute atomic E-state index is 0.0642. The van der Waals surface area contributed by atoms with Gasteiger partial charge in [0.1, 0.15) is 0 Å². The fraction of sp³-hybridized carbons (Fsp3) is 0.875. The number of carbonyl (C=O) groups excluding carboxylic acids is 1. The molecule has 4 nitrogen and oxygen atoms in total. The number of carbonyl (C=O) groups is 1. The Morgan fingerprint density at radius 2 is 2.25 bits per heavy atom. The van der Waals surface area contributed by atoms with Crippen molar-refractivity contribution < 1.29 is 14.6 Å². The highest BCUT2D eigenvalue weighted by Crippen LogP contribution is 2.15. The van der Waals surface area contributed by atoms with Crippen LogP contribution in [-0.2, 0) is 4.74 Å². The Labute approximate surface area is 72.1 Å². The largest absolute Gasteiger partial charge is 0.447 e. The topological polar surface area (TPSA) is 49.8 Å². The first-order valence-electron chi connectivity index (χ1n) is 4.20. The SMILES string of the molecule is CC(C)OC(=O)N1CC(CO)C1. The van der Waals surface area contributed by atoms with Gasteiger partial charge in [-0.15, -0.1) is 0 Å². The van der Waals surface area contributed by atoms with Crippen LogP contribution >= 0.6 is 0 Å². The van der Waals surface area contributed by atoms with Crippen LogP contribution in [0.3, 0.4) is 0 Å². The van der Waals surface area contributed by atoms with Gasteiger partial charge in [0.05, 0.1) is 6.10 Å². The molecule has 0 atom stereocenters. The molecule has 0 unspecified atom stereocenters. The molecule has 12 heavy (non-hydrogen) atoms. The third kappa shape index (κ3) is 2.11. The summed E-state index contributed by atoms with van der Waals surface area (Å²) >= 11 is 0. The minimum Gasteiger partial charge on any atom is -0.447 e. The third-order valence-corrected chi connectivity index (χ3v) is 1.81. The Balaban J connectivity index is 2.19. The van der Waals surface area contributed by atoms with Gasteiger partial charge in [-0.05, 0) is 13.8 Å². The van der Waals surface area contributed by atoms with E-state index in [0.29, 0.717) is 13.1 Å². The second-order valence-corrected chi connectivity index (χ2v) is 3.39. The van der Waals surface area contributed by atoms with E-state index in [1.54, 1.807) is 4.90 Å². The molecule has 4 heteroatoms. The molecule has 0 aromatic heterocycles. The Bertz CT molecular complexity index is 164. The maximum Gasteiger partial charge on any atom is 0.410 e. The smallest absolute Gasteiger partial charge is 0.410 e.